The number of ether oxygens (including phenoxy) is 1. The van der Waals surface area contributed by atoms with Crippen molar-refractivity contribution in [1.82, 2.24) is 0 Å². The third-order valence-corrected chi connectivity index (χ3v) is 2.62. The van der Waals surface area contributed by atoms with Gasteiger partial charge in [-0.15, -0.1) is 0 Å². The highest BCUT2D eigenvalue weighted by Gasteiger charge is 2.24. The molecule has 2 aliphatic carbocycles. The van der Waals surface area contributed by atoms with Crippen molar-refractivity contribution in [3.63, 3.8) is 0 Å². The third kappa shape index (κ3) is 2.54. The Balaban J connectivity index is 2.11. The molecule has 0 aromatic heterocycles. The van der Waals surface area contributed by atoms with Gasteiger partial charge in [0.25, 0.3) is 0 Å². The standard InChI is InChI=1S/C13H14O4/c14-8-11(15)13(16)10-6-3-7-12(10)17-9-4-1-2-5-9/h1-4,6,11,14-15H,5,7-8H2. The highest BCUT2D eigenvalue weighted by atomic mass is 16.5. The van der Waals surface area contributed by atoms with Gasteiger partial charge in [-0.1, -0.05) is 24.3 Å². The van der Waals surface area contributed by atoms with Gasteiger partial charge in [0.2, 0.25) is 0 Å². The normalized spacial score (nSPS) is 19.8. The first-order valence-corrected chi connectivity index (χ1v) is 5.48. The van der Waals surface area contributed by atoms with Gasteiger partial charge in [0.15, 0.2) is 5.78 Å². The number of aliphatic hydroxyl groups excluding tert-OH is 2. The van der Waals surface area contributed by atoms with Crippen LogP contribution in [0.1, 0.15) is 12.8 Å². The summed E-state index contributed by atoms with van der Waals surface area (Å²) in [5, 5.41) is 18.1. The van der Waals surface area contributed by atoms with Crippen LogP contribution in [0, 0.1) is 0 Å². The van der Waals surface area contributed by atoms with Crippen molar-refractivity contribution in [2.45, 2.75) is 18.9 Å². The summed E-state index contributed by atoms with van der Waals surface area (Å²) in [7, 11) is 0. The van der Waals surface area contributed by atoms with Crippen molar-refractivity contribution in [3.05, 3.63) is 47.5 Å². The van der Waals surface area contributed by atoms with Crippen LogP contribution >= 0.6 is 0 Å². The number of aliphatic hydroxyl groups is 2. The number of allylic oxidation sites excluding steroid dienone is 5. The van der Waals surface area contributed by atoms with E-state index in [9.17, 15) is 9.90 Å². The molecule has 1 unspecified atom stereocenters. The summed E-state index contributed by atoms with van der Waals surface area (Å²) in [6.07, 6.45) is 9.00. The predicted molar refractivity (Wildman–Crippen MR) is 61.8 cm³/mol. The Labute approximate surface area is 99.2 Å². The predicted octanol–water partition coefficient (Wildman–Crippen LogP) is 0.983. The number of hydrogen-bond donors (Lipinski definition) is 2. The van der Waals surface area contributed by atoms with E-state index in [0.29, 0.717) is 24.2 Å². The number of rotatable bonds is 5. The fraction of sp³-hybridized carbons (Fsp3) is 0.308. The number of ketones is 1. The van der Waals surface area contributed by atoms with Crippen molar-refractivity contribution in [3.8, 4) is 0 Å². The van der Waals surface area contributed by atoms with Crippen molar-refractivity contribution in [1.29, 1.82) is 0 Å². The van der Waals surface area contributed by atoms with Gasteiger partial charge in [-0.05, 0) is 6.08 Å². The molecule has 2 rings (SSSR count). The van der Waals surface area contributed by atoms with Crippen LogP contribution in [-0.4, -0.2) is 28.7 Å². The Bertz CT molecular complexity index is 440. The van der Waals surface area contributed by atoms with Crippen molar-refractivity contribution >= 4 is 5.78 Å². The van der Waals surface area contributed by atoms with Crippen LogP contribution < -0.4 is 0 Å². The van der Waals surface area contributed by atoms with E-state index >= 15 is 0 Å². The maximum atomic E-state index is 11.7. The van der Waals surface area contributed by atoms with Crippen molar-refractivity contribution in [2.24, 2.45) is 0 Å². The second kappa shape index (κ2) is 5.12. The van der Waals surface area contributed by atoms with Gasteiger partial charge in [0, 0.05) is 12.8 Å². The minimum absolute atomic E-state index is 0.347. The first-order chi connectivity index (χ1) is 8.22. The summed E-state index contributed by atoms with van der Waals surface area (Å²) >= 11 is 0. The summed E-state index contributed by atoms with van der Waals surface area (Å²) in [5.41, 5.74) is 0.347. The smallest absolute Gasteiger partial charge is 0.197 e. The molecule has 1 atom stereocenters. The minimum atomic E-state index is -1.37. The summed E-state index contributed by atoms with van der Waals surface area (Å²) < 4.78 is 5.60. The quantitative estimate of drug-likeness (QED) is 0.744. The molecule has 0 amide bonds. The van der Waals surface area contributed by atoms with Crippen LogP contribution in [0.15, 0.2) is 47.5 Å². The fourth-order valence-corrected chi connectivity index (χ4v) is 1.73. The van der Waals surface area contributed by atoms with Gasteiger partial charge in [-0.3, -0.25) is 4.79 Å². The Morgan fingerprint density at radius 1 is 1.41 bits per heavy atom. The van der Waals surface area contributed by atoms with Gasteiger partial charge in [-0.25, -0.2) is 0 Å². The molecule has 2 N–H and O–H groups in total. The lowest BCUT2D eigenvalue weighted by Crippen LogP contribution is -2.25. The second-order valence-electron chi connectivity index (χ2n) is 3.87. The number of carbonyl (C=O) groups is 1. The van der Waals surface area contributed by atoms with E-state index in [0.717, 1.165) is 5.76 Å². The van der Waals surface area contributed by atoms with Crippen LogP contribution in [0.25, 0.3) is 0 Å². The van der Waals surface area contributed by atoms with E-state index in [-0.39, 0.29) is 0 Å². The summed E-state index contributed by atoms with van der Waals surface area (Å²) in [5.74, 6) is 0.827. The van der Waals surface area contributed by atoms with E-state index < -0.39 is 18.5 Å². The number of Topliss-reactive ketones (excluding diaryl/α,β-unsaturated/α-hetero) is 1. The first kappa shape index (κ1) is 11.8. The van der Waals surface area contributed by atoms with E-state index in [1.54, 1.807) is 12.2 Å². The molecule has 90 valence electrons. The van der Waals surface area contributed by atoms with Crippen LogP contribution in [0.3, 0.4) is 0 Å². The maximum Gasteiger partial charge on any atom is 0.197 e. The molecule has 0 bridgehead atoms. The van der Waals surface area contributed by atoms with E-state index in [2.05, 4.69) is 0 Å². The molecule has 0 aromatic carbocycles. The van der Waals surface area contributed by atoms with E-state index in [4.69, 9.17) is 9.84 Å². The Morgan fingerprint density at radius 3 is 2.88 bits per heavy atom. The van der Waals surface area contributed by atoms with Crippen LogP contribution in [-0.2, 0) is 9.53 Å². The van der Waals surface area contributed by atoms with Crippen molar-refractivity contribution < 1.29 is 19.7 Å². The van der Waals surface area contributed by atoms with Crippen molar-refractivity contribution in [2.75, 3.05) is 6.61 Å². The van der Waals surface area contributed by atoms with Crippen LogP contribution in [0.2, 0.25) is 0 Å². The molecular formula is C13H14O4. The van der Waals surface area contributed by atoms with Crippen LogP contribution in [0.4, 0.5) is 0 Å². The lowest BCUT2D eigenvalue weighted by atomic mass is 10.1. The second-order valence-corrected chi connectivity index (χ2v) is 3.87. The molecule has 2 aliphatic rings. The highest BCUT2D eigenvalue weighted by Crippen LogP contribution is 2.26. The van der Waals surface area contributed by atoms with Gasteiger partial charge >= 0.3 is 0 Å². The van der Waals surface area contributed by atoms with Gasteiger partial charge in [0.1, 0.15) is 17.6 Å². The first-order valence-electron chi connectivity index (χ1n) is 5.48. The molecule has 0 spiro atoms. The van der Waals surface area contributed by atoms with E-state index in [1.807, 2.05) is 18.2 Å². The molecule has 0 heterocycles. The largest absolute Gasteiger partial charge is 0.465 e. The highest BCUT2D eigenvalue weighted by molar-refractivity contribution is 6.02. The van der Waals surface area contributed by atoms with E-state index in [1.165, 1.54) is 0 Å². The molecule has 0 fully saturated rings. The lowest BCUT2D eigenvalue weighted by Gasteiger charge is -2.11. The Morgan fingerprint density at radius 2 is 2.24 bits per heavy atom. The lowest BCUT2D eigenvalue weighted by molar-refractivity contribution is -0.124. The van der Waals surface area contributed by atoms with Gasteiger partial charge in [0.05, 0.1) is 12.2 Å². The number of hydrogen-bond acceptors (Lipinski definition) is 4. The topological polar surface area (TPSA) is 66.8 Å². The molecule has 17 heavy (non-hydrogen) atoms. The molecular weight excluding hydrogens is 220 g/mol. The zero-order valence-electron chi connectivity index (χ0n) is 9.30. The Kier molecular flexibility index (Phi) is 3.56. The van der Waals surface area contributed by atoms with Crippen LogP contribution in [0.5, 0.6) is 0 Å². The number of carbonyl (C=O) groups excluding carboxylic acids is 1. The summed E-state index contributed by atoms with van der Waals surface area (Å²) in [6, 6.07) is 0. The summed E-state index contributed by atoms with van der Waals surface area (Å²) in [6.45, 7) is -0.576. The third-order valence-electron chi connectivity index (χ3n) is 2.62. The fourth-order valence-electron chi connectivity index (χ4n) is 1.73. The Hall–Kier alpha value is -1.65. The van der Waals surface area contributed by atoms with Gasteiger partial charge in [-0.2, -0.15) is 0 Å². The summed E-state index contributed by atoms with van der Waals surface area (Å²) in [4.78, 5) is 11.7. The molecule has 0 aromatic rings. The van der Waals surface area contributed by atoms with Gasteiger partial charge < -0.3 is 14.9 Å². The zero-order valence-corrected chi connectivity index (χ0v) is 9.30. The zero-order chi connectivity index (χ0) is 12.3. The molecule has 0 saturated carbocycles. The minimum Gasteiger partial charge on any atom is -0.465 e. The molecule has 0 radical (unpaired) electrons. The monoisotopic (exact) mass is 234 g/mol. The molecule has 4 nitrogen and oxygen atoms in total. The maximum absolute atomic E-state index is 11.7. The average Bonchev–Trinajstić information content (AvgIpc) is 2.99. The molecule has 4 heteroatoms. The average molecular weight is 234 g/mol. The SMILES string of the molecule is O=C(C1=C(OC2=CC=CC2)CC=C1)C(O)CO. The molecule has 0 aliphatic heterocycles. The molecule has 0 saturated heterocycles.